The van der Waals surface area contributed by atoms with Crippen LogP contribution in [0.15, 0.2) is 24.3 Å². The number of nitrogens with one attached hydrogen (secondary N) is 1. The summed E-state index contributed by atoms with van der Waals surface area (Å²) in [7, 11) is 0. The third kappa shape index (κ3) is 4.78. The highest BCUT2D eigenvalue weighted by molar-refractivity contribution is 5.85. The number of carbonyl (C=O) groups excluding carboxylic acids is 1. The Morgan fingerprint density at radius 1 is 1.45 bits per heavy atom. The number of ether oxygens (including phenoxy) is 1. The van der Waals surface area contributed by atoms with E-state index >= 15 is 0 Å². The molecule has 1 fully saturated rings. The standard InChI is InChI=1S/C15H22N2O2.ClH/c1-11-3-2-4-12(9-11)10-17-15(18)14(16)13-5-7-19-8-6-13;/h2-4,9,13-14H,5-8,10,16H2,1H3,(H,17,18);1H. The van der Waals surface area contributed by atoms with Gasteiger partial charge < -0.3 is 15.8 Å². The summed E-state index contributed by atoms with van der Waals surface area (Å²) in [6.07, 6.45) is 1.75. The molecule has 1 aromatic rings. The van der Waals surface area contributed by atoms with Crippen molar-refractivity contribution >= 4 is 18.3 Å². The fraction of sp³-hybridized carbons (Fsp3) is 0.533. The van der Waals surface area contributed by atoms with Gasteiger partial charge in [-0.15, -0.1) is 12.4 Å². The number of rotatable bonds is 4. The van der Waals surface area contributed by atoms with Crippen LogP contribution < -0.4 is 11.1 Å². The smallest absolute Gasteiger partial charge is 0.237 e. The first-order valence-corrected chi connectivity index (χ1v) is 6.83. The van der Waals surface area contributed by atoms with E-state index in [0.717, 1.165) is 18.4 Å². The Morgan fingerprint density at radius 2 is 2.15 bits per heavy atom. The quantitative estimate of drug-likeness (QED) is 0.891. The maximum Gasteiger partial charge on any atom is 0.237 e. The van der Waals surface area contributed by atoms with Gasteiger partial charge in [0.15, 0.2) is 0 Å². The van der Waals surface area contributed by atoms with Crippen molar-refractivity contribution in [2.75, 3.05) is 13.2 Å². The Balaban J connectivity index is 0.00000200. The molecule has 5 heteroatoms. The minimum Gasteiger partial charge on any atom is -0.381 e. The molecule has 1 atom stereocenters. The molecule has 2 rings (SSSR count). The second-order valence-electron chi connectivity index (χ2n) is 5.18. The van der Waals surface area contributed by atoms with E-state index in [2.05, 4.69) is 11.4 Å². The monoisotopic (exact) mass is 298 g/mol. The summed E-state index contributed by atoms with van der Waals surface area (Å²) in [5.41, 5.74) is 8.32. The average Bonchev–Trinajstić information content (AvgIpc) is 2.45. The largest absolute Gasteiger partial charge is 0.381 e. The van der Waals surface area contributed by atoms with Crippen molar-refractivity contribution in [3.8, 4) is 0 Å². The van der Waals surface area contributed by atoms with Gasteiger partial charge in [0.05, 0.1) is 6.04 Å². The molecular formula is C15H23ClN2O2. The van der Waals surface area contributed by atoms with Gasteiger partial charge in [0.25, 0.3) is 0 Å². The fourth-order valence-corrected chi connectivity index (χ4v) is 2.42. The van der Waals surface area contributed by atoms with Crippen LogP contribution in [0.1, 0.15) is 24.0 Å². The normalized spacial score (nSPS) is 17.1. The predicted octanol–water partition coefficient (Wildman–Crippen LogP) is 1.79. The minimum absolute atomic E-state index is 0. The van der Waals surface area contributed by atoms with E-state index in [1.807, 2.05) is 25.1 Å². The lowest BCUT2D eigenvalue weighted by molar-refractivity contribution is -0.124. The average molecular weight is 299 g/mol. The molecule has 0 spiro atoms. The van der Waals surface area contributed by atoms with Crippen LogP contribution in [0.25, 0.3) is 0 Å². The summed E-state index contributed by atoms with van der Waals surface area (Å²) in [6, 6.07) is 7.69. The van der Waals surface area contributed by atoms with Crippen molar-refractivity contribution in [1.82, 2.24) is 5.32 Å². The van der Waals surface area contributed by atoms with E-state index in [-0.39, 0.29) is 24.2 Å². The second kappa shape index (κ2) is 8.25. The van der Waals surface area contributed by atoms with Crippen molar-refractivity contribution in [1.29, 1.82) is 0 Å². The Morgan fingerprint density at radius 3 is 2.80 bits per heavy atom. The number of hydrogen-bond donors (Lipinski definition) is 2. The van der Waals surface area contributed by atoms with Gasteiger partial charge in [0, 0.05) is 19.8 Å². The van der Waals surface area contributed by atoms with Crippen molar-refractivity contribution in [3.05, 3.63) is 35.4 Å². The van der Waals surface area contributed by atoms with Gasteiger partial charge >= 0.3 is 0 Å². The van der Waals surface area contributed by atoms with Crippen molar-refractivity contribution < 1.29 is 9.53 Å². The molecule has 0 radical (unpaired) electrons. The maximum atomic E-state index is 12.0. The van der Waals surface area contributed by atoms with Gasteiger partial charge in [-0.3, -0.25) is 4.79 Å². The van der Waals surface area contributed by atoms with Crippen LogP contribution >= 0.6 is 12.4 Å². The van der Waals surface area contributed by atoms with E-state index in [1.54, 1.807) is 0 Å². The summed E-state index contributed by atoms with van der Waals surface area (Å²) in [4.78, 5) is 12.0. The minimum atomic E-state index is -0.422. The van der Waals surface area contributed by atoms with Gasteiger partial charge in [-0.05, 0) is 31.2 Å². The molecule has 0 aromatic heterocycles. The lowest BCUT2D eigenvalue weighted by Gasteiger charge is -2.26. The van der Waals surface area contributed by atoms with Crippen LogP contribution in [0.5, 0.6) is 0 Å². The molecule has 3 N–H and O–H groups in total. The van der Waals surface area contributed by atoms with E-state index in [0.29, 0.717) is 19.8 Å². The number of hydrogen-bond acceptors (Lipinski definition) is 3. The molecule has 0 bridgehead atoms. The topological polar surface area (TPSA) is 64.4 Å². The zero-order valence-electron chi connectivity index (χ0n) is 11.8. The van der Waals surface area contributed by atoms with Crippen LogP contribution in [0.2, 0.25) is 0 Å². The number of aryl methyl sites for hydroxylation is 1. The third-order valence-corrected chi connectivity index (χ3v) is 3.63. The summed E-state index contributed by atoms with van der Waals surface area (Å²) in [6.45, 7) is 4.00. The van der Waals surface area contributed by atoms with Gasteiger partial charge in [-0.25, -0.2) is 0 Å². The third-order valence-electron chi connectivity index (χ3n) is 3.63. The Labute approximate surface area is 126 Å². The highest BCUT2D eigenvalue weighted by atomic mass is 35.5. The predicted molar refractivity (Wildman–Crippen MR) is 81.8 cm³/mol. The van der Waals surface area contributed by atoms with Crippen molar-refractivity contribution in [3.63, 3.8) is 0 Å². The first-order valence-electron chi connectivity index (χ1n) is 6.83. The van der Waals surface area contributed by atoms with Crippen LogP contribution in [-0.2, 0) is 16.1 Å². The highest BCUT2D eigenvalue weighted by Crippen LogP contribution is 2.17. The highest BCUT2D eigenvalue weighted by Gasteiger charge is 2.26. The van der Waals surface area contributed by atoms with E-state index in [4.69, 9.17) is 10.5 Å². The number of nitrogens with two attached hydrogens (primary N) is 1. The Hall–Kier alpha value is -1.10. The SMILES string of the molecule is Cc1cccc(CNC(=O)C(N)C2CCOCC2)c1.Cl. The lowest BCUT2D eigenvalue weighted by Crippen LogP contribution is -2.46. The first-order chi connectivity index (χ1) is 9.16. The van der Waals surface area contributed by atoms with Gasteiger partial charge in [0.2, 0.25) is 5.91 Å². The summed E-state index contributed by atoms with van der Waals surface area (Å²) in [5, 5.41) is 2.92. The van der Waals surface area contributed by atoms with E-state index < -0.39 is 6.04 Å². The van der Waals surface area contributed by atoms with Crippen molar-refractivity contribution in [2.45, 2.75) is 32.4 Å². The lowest BCUT2D eigenvalue weighted by atomic mass is 9.92. The maximum absolute atomic E-state index is 12.0. The molecule has 1 saturated heterocycles. The Bertz CT molecular complexity index is 434. The van der Waals surface area contributed by atoms with Crippen LogP contribution in [0.4, 0.5) is 0 Å². The van der Waals surface area contributed by atoms with Gasteiger partial charge in [0.1, 0.15) is 0 Å². The molecule has 112 valence electrons. The van der Waals surface area contributed by atoms with Crippen LogP contribution in [0, 0.1) is 12.8 Å². The molecule has 1 heterocycles. The van der Waals surface area contributed by atoms with Crippen LogP contribution in [0.3, 0.4) is 0 Å². The number of benzene rings is 1. The molecular weight excluding hydrogens is 276 g/mol. The van der Waals surface area contributed by atoms with Gasteiger partial charge in [-0.1, -0.05) is 29.8 Å². The van der Waals surface area contributed by atoms with E-state index in [1.165, 1.54) is 5.56 Å². The van der Waals surface area contributed by atoms with Crippen LogP contribution in [-0.4, -0.2) is 25.2 Å². The van der Waals surface area contributed by atoms with Crippen molar-refractivity contribution in [2.24, 2.45) is 11.7 Å². The summed E-state index contributed by atoms with van der Waals surface area (Å²) < 4.78 is 5.28. The molecule has 1 aliphatic rings. The second-order valence-corrected chi connectivity index (χ2v) is 5.18. The Kier molecular flexibility index (Phi) is 6.99. The fourth-order valence-electron chi connectivity index (χ4n) is 2.42. The van der Waals surface area contributed by atoms with Gasteiger partial charge in [-0.2, -0.15) is 0 Å². The zero-order chi connectivity index (χ0) is 13.7. The number of halogens is 1. The summed E-state index contributed by atoms with van der Waals surface area (Å²) in [5.74, 6) is 0.180. The number of amides is 1. The first kappa shape index (κ1) is 17.0. The molecule has 1 aromatic carbocycles. The van der Waals surface area contributed by atoms with E-state index in [9.17, 15) is 4.79 Å². The molecule has 1 aliphatic heterocycles. The molecule has 1 unspecified atom stereocenters. The zero-order valence-corrected chi connectivity index (χ0v) is 12.6. The molecule has 1 amide bonds. The molecule has 20 heavy (non-hydrogen) atoms. The summed E-state index contributed by atoms with van der Waals surface area (Å²) >= 11 is 0. The number of carbonyl (C=O) groups is 1. The molecule has 0 aliphatic carbocycles. The molecule has 0 saturated carbocycles. The molecule has 4 nitrogen and oxygen atoms in total.